The molecule has 0 atom stereocenters. The Bertz CT molecular complexity index is 397. The third-order valence-corrected chi connectivity index (χ3v) is 1.83. The van der Waals surface area contributed by atoms with Gasteiger partial charge < -0.3 is 11.5 Å². The molecule has 1 aromatic heterocycles. The average Bonchev–Trinajstić information content (AvgIpc) is 2.16. The minimum Gasteiger partial charge on any atom is -0.383 e. The lowest BCUT2D eigenvalue weighted by atomic mass is 10.1. The molecule has 6 nitrogen and oxygen atoms in total. The standard InChI is InChI=1S/C7H8F2N4O2/c8-6(9)4-2-12-7(11)3(1-10)5(4)13(14)15/h2,6H,1,10H2,(H2,11,12). The number of nitrogens with zero attached hydrogens (tertiary/aromatic N) is 2. The monoisotopic (exact) mass is 218 g/mol. The summed E-state index contributed by atoms with van der Waals surface area (Å²) in [4.78, 5) is 13.1. The molecule has 0 bridgehead atoms. The maximum absolute atomic E-state index is 12.4. The number of hydrogen-bond donors (Lipinski definition) is 2. The number of nitrogen functional groups attached to an aromatic ring is 1. The molecule has 0 fully saturated rings. The van der Waals surface area contributed by atoms with Gasteiger partial charge in [-0.3, -0.25) is 10.1 Å². The lowest BCUT2D eigenvalue weighted by Gasteiger charge is -2.07. The predicted octanol–water partition coefficient (Wildman–Crippen LogP) is 0.968. The largest absolute Gasteiger partial charge is 0.383 e. The quantitative estimate of drug-likeness (QED) is 0.580. The maximum Gasteiger partial charge on any atom is 0.288 e. The molecule has 15 heavy (non-hydrogen) atoms. The van der Waals surface area contributed by atoms with Crippen LogP contribution in [0.5, 0.6) is 0 Å². The third kappa shape index (κ3) is 1.99. The van der Waals surface area contributed by atoms with Gasteiger partial charge in [-0.1, -0.05) is 0 Å². The zero-order valence-corrected chi connectivity index (χ0v) is 7.48. The van der Waals surface area contributed by atoms with E-state index in [-0.39, 0.29) is 17.9 Å². The summed E-state index contributed by atoms with van der Waals surface area (Å²) in [5.74, 6) is -0.200. The smallest absolute Gasteiger partial charge is 0.288 e. The highest BCUT2D eigenvalue weighted by Crippen LogP contribution is 2.33. The lowest BCUT2D eigenvalue weighted by molar-refractivity contribution is -0.387. The van der Waals surface area contributed by atoms with Crippen molar-refractivity contribution < 1.29 is 13.7 Å². The van der Waals surface area contributed by atoms with Gasteiger partial charge in [-0.25, -0.2) is 13.8 Å². The highest BCUT2D eigenvalue weighted by molar-refractivity contribution is 5.57. The molecule has 4 N–H and O–H groups in total. The minimum absolute atomic E-state index is 0.169. The van der Waals surface area contributed by atoms with Crippen LogP contribution in [0.15, 0.2) is 6.20 Å². The van der Waals surface area contributed by atoms with Crippen molar-refractivity contribution in [1.29, 1.82) is 0 Å². The first-order valence-corrected chi connectivity index (χ1v) is 3.88. The third-order valence-electron chi connectivity index (χ3n) is 1.83. The summed E-state index contributed by atoms with van der Waals surface area (Å²) in [7, 11) is 0. The Kier molecular flexibility index (Phi) is 3.10. The van der Waals surface area contributed by atoms with Gasteiger partial charge in [0.1, 0.15) is 11.4 Å². The first-order valence-electron chi connectivity index (χ1n) is 3.88. The van der Waals surface area contributed by atoms with Crippen molar-refractivity contribution >= 4 is 11.5 Å². The summed E-state index contributed by atoms with van der Waals surface area (Å²) >= 11 is 0. The molecule has 0 aliphatic carbocycles. The second-order valence-electron chi connectivity index (χ2n) is 2.69. The molecule has 0 aliphatic rings. The van der Waals surface area contributed by atoms with Gasteiger partial charge in [0.2, 0.25) is 0 Å². The Hall–Kier alpha value is -1.83. The number of pyridine rings is 1. The van der Waals surface area contributed by atoms with Crippen LogP contribution in [-0.2, 0) is 6.54 Å². The molecular formula is C7H8F2N4O2. The molecule has 0 aromatic carbocycles. The van der Waals surface area contributed by atoms with Crippen molar-refractivity contribution in [2.75, 3.05) is 5.73 Å². The molecule has 8 heteroatoms. The topological polar surface area (TPSA) is 108 Å². The van der Waals surface area contributed by atoms with Crippen molar-refractivity contribution in [2.24, 2.45) is 5.73 Å². The maximum atomic E-state index is 12.4. The molecule has 0 aliphatic heterocycles. The van der Waals surface area contributed by atoms with Crippen LogP contribution in [0.2, 0.25) is 0 Å². The van der Waals surface area contributed by atoms with Gasteiger partial charge in [0.15, 0.2) is 0 Å². The van der Waals surface area contributed by atoms with Crippen LogP contribution < -0.4 is 11.5 Å². The van der Waals surface area contributed by atoms with Crippen LogP contribution in [-0.4, -0.2) is 9.91 Å². The zero-order chi connectivity index (χ0) is 11.6. The second kappa shape index (κ2) is 4.13. The number of rotatable bonds is 3. The molecule has 0 saturated heterocycles. The highest BCUT2D eigenvalue weighted by Gasteiger charge is 2.27. The number of anilines is 1. The summed E-state index contributed by atoms with van der Waals surface area (Å²) in [5, 5.41) is 10.6. The van der Waals surface area contributed by atoms with Gasteiger partial charge >= 0.3 is 0 Å². The second-order valence-corrected chi connectivity index (χ2v) is 2.69. The first kappa shape index (κ1) is 11.2. The summed E-state index contributed by atoms with van der Waals surface area (Å²) in [6.45, 7) is -0.310. The van der Waals surface area contributed by atoms with Gasteiger partial charge in [0.05, 0.1) is 10.5 Å². The molecule has 1 aromatic rings. The Labute approximate surface area is 83.0 Å². The van der Waals surface area contributed by atoms with E-state index < -0.39 is 22.6 Å². The van der Waals surface area contributed by atoms with E-state index in [1.807, 2.05) is 0 Å². The van der Waals surface area contributed by atoms with Crippen LogP contribution >= 0.6 is 0 Å². The van der Waals surface area contributed by atoms with Crippen molar-refractivity contribution in [3.05, 3.63) is 27.4 Å². The molecule has 0 saturated carbocycles. The fourth-order valence-corrected chi connectivity index (χ4v) is 1.15. The molecule has 0 unspecified atom stereocenters. The number of hydrogen-bond acceptors (Lipinski definition) is 5. The predicted molar refractivity (Wildman–Crippen MR) is 48.2 cm³/mol. The van der Waals surface area contributed by atoms with Crippen LogP contribution in [0.3, 0.4) is 0 Å². The van der Waals surface area contributed by atoms with Gasteiger partial charge in [-0.2, -0.15) is 0 Å². The number of nitro groups is 1. The first-order chi connectivity index (χ1) is 6.99. The fourth-order valence-electron chi connectivity index (χ4n) is 1.15. The fraction of sp³-hybridized carbons (Fsp3) is 0.286. The molecule has 0 radical (unpaired) electrons. The lowest BCUT2D eigenvalue weighted by Crippen LogP contribution is -2.10. The molecule has 0 spiro atoms. The highest BCUT2D eigenvalue weighted by atomic mass is 19.3. The summed E-state index contributed by atoms with van der Waals surface area (Å²) in [6, 6.07) is 0. The van der Waals surface area contributed by atoms with Crippen molar-refractivity contribution in [2.45, 2.75) is 13.0 Å². The van der Waals surface area contributed by atoms with Crippen molar-refractivity contribution in [3.8, 4) is 0 Å². The Morgan fingerprint density at radius 3 is 2.60 bits per heavy atom. The zero-order valence-electron chi connectivity index (χ0n) is 7.48. The van der Waals surface area contributed by atoms with Crippen LogP contribution in [0, 0.1) is 10.1 Å². The summed E-state index contributed by atoms with van der Waals surface area (Å²) in [5.41, 5.74) is 8.80. The normalized spacial score (nSPS) is 10.7. The molecule has 1 rings (SSSR count). The molecule has 0 amide bonds. The van der Waals surface area contributed by atoms with Crippen LogP contribution in [0.1, 0.15) is 17.6 Å². The Morgan fingerprint density at radius 1 is 1.60 bits per heavy atom. The van der Waals surface area contributed by atoms with E-state index in [4.69, 9.17) is 11.5 Å². The van der Waals surface area contributed by atoms with Crippen molar-refractivity contribution in [1.82, 2.24) is 4.98 Å². The van der Waals surface area contributed by atoms with E-state index in [9.17, 15) is 18.9 Å². The van der Waals surface area contributed by atoms with E-state index in [0.717, 1.165) is 0 Å². The number of halogens is 2. The summed E-state index contributed by atoms with van der Waals surface area (Å²) < 4.78 is 24.8. The van der Waals surface area contributed by atoms with Crippen LogP contribution in [0.4, 0.5) is 20.3 Å². The van der Waals surface area contributed by atoms with E-state index in [2.05, 4.69) is 4.98 Å². The molecule has 82 valence electrons. The van der Waals surface area contributed by atoms with Crippen molar-refractivity contribution in [3.63, 3.8) is 0 Å². The van der Waals surface area contributed by atoms with E-state index in [1.165, 1.54) is 0 Å². The molecular weight excluding hydrogens is 210 g/mol. The number of nitrogens with two attached hydrogens (primary N) is 2. The number of alkyl halides is 2. The minimum atomic E-state index is -2.98. The van der Waals surface area contributed by atoms with E-state index in [1.54, 1.807) is 0 Å². The summed E-state index contributed by atoms with van der Waals surface area (Å²) in [6.07, 6.45) is -2.29. The van der Waals surface area contributed by atoms with Gasteiger partial charge in [0, 0.05) is 12.7 Å². The molecule has 1 heterocycles. The SMILES string of the molecule is NCc1c(N)ncc(C(F)F)c1[N+](=O)[O-]. The average molecular weight is 218 g/mol. The van der Waals surface area contributed by atoms with E-state index in [0.29, 0.717) is 6.20 Å². The Balaban J connectivity index is 3.49. The Morgan fingerprint density at radius 2 is 2.20 bits per heavy atom. The van der Waals surface area contributed by atoms with Gasteiger partial charge in [0.25, 0.3) is 12.1 Å². The van der Waals surface area contributed by atoms with Gasteiger partial charge in [-0.15, -0.1) is 0 Å². The van der Waals surface area contributed by atoms with E-state index >= 15 is 0 Å². The number of aromatic nitrogens is 1. The van der Waals surface area contributed by atoms with Gasteiger partial charge in [-0.05, 0) is 0 Å². The van der Waals surface area contributed by atoms with Crippen LogP contribution in [0.25, 0.3) is 0 Å².